The van der Waals surface area contributed by atoms with Crippen LogP contribution >= 0.6 is 0 Å². The van der Waals surface area contributed by atoms with Crippen molar-refractivity contribution >= 4 is 23.4 Å². The average Bonchev–Trinajstić information content (AvgIpc) is 3.21. The van der Waals surface area contributed by atoms with Crippen LogP contribution in [0.4, 0.5) is 11.6 Å². The van der Waals surface area contributed by atoms with Gasteiger partial charge in [-0.25, -0.2) is 0 Å². The molecular formula is C22H21N3O5. The fourth-order valence-corrected chi connectivity index (χ4v) is 3.07. The van der Waals surface area contributed by atoms with Gasteiger partial charge in [0.1, 0.15) is 4.92 Å². The third-order valence-electron chi connectivity index (χ3n) is 4.65. The fourth-order valence-electron chi connectivity index (χ4n) is 3.07. The Balaban J connectivity index is 1.78. The summed E-state index contributed by atoms with van der Waals surface area (Å²) in [5.41, 5.74) is 3.87. The van der Waals surface area contributed by atoms with E-state index in [9.17, 15) is 19.7 Å². The molecule has 0 fully saturated rings. The third-order valence-corrected chi connectivity index (χ3v) is 4.65. The van der Waals surface area contributed by atoms with Crippen LogP contribution in [-0.4, -0.2) is 28.7 Å². The Morgan fingerprint density at radius 2 is 1.83 bits per heavy atom. The highest BCUT2D eigenvalue weighted by Crippen LogP contribution is 2.22. The monoisotopic (exact) mass is 407 g/mol. The molecule has 2 aromatic carbocycles. The minimum absolute atomic E-state index is 0.215. The molecular weight excluding hydrogens is 386 g/mol. The molecule has 0 unspecified atom stereocenters. The Hall–Kier alpha value is -3.94. The summed E-state index contributed by atoms with van der Waals surface area (Å²) < 4.78 is 4.92. The van der Waals surface area contributed by atoms with Crippen molar-refractivity contribution in [2.24, 2.45) is 0 Å². The summed E-state index contributed by atoms with van der Waals surface area (Å²) in [5.74, 6) is -1.69. The van der Waals surface area contributed by atoms with Crippen molar-refractivity contribution in [1.82, 2.24) is 4.90 Å². The molecule has 0 aliphatic carbocycles. The number of rotatable bonds is 6. The first-order valence-electron chi connectivity index (χ1n) is 9.22. The summed E-state index contributed by atoms with van der Waals surface area (Å²) in [6, 6.07) is 14.9. The molecule has 0 saturated carbocycles. The van der Waals surface area contributed by atoms with Gasteiger partial charge in [0.05, 0.1) is 17.3 Å². The summed E-state index contributed by atoms with van der Waals surface area (Å²) in [6.45, 7) is 4.42. The molecule has 0 bridgehead atoms. The van der Waals surface area contributed by atoms with Gasteiger partial charge in [0.25, 0.3) is 11.8 Å². The number of anilines is 1. The standard InChI is InChI=1S/C22H21N3O5/c1-14-8-9-16(15(2)12-14)13-24(3)22(27)17-6-4-5-7-18(17)23-21(26)19-10-11-20(30-19)25(28)29/h4-12H,13H2,1-3H3,(H,23,26). The van der Waals surface area contributed by atoms with Gasteiger partial charge in [-0.3, -0.25) is 19.7 Å². The first-order chi connectivity index (χ1) is 14.3. The number of furan rings is 1. The number of hydrogen-bond acceptors (Lipinski definition) is 5. The number of nitrogens with one attached hydrogen (secondary N) is 1. The minimum atomic E-state index is -0.726. The molecule has 0 spiro atoms. The molecule has 1 aromatic heterocycles. The van der Waals surface area contributed by atoms with Crippen molar-refractivity contribution in [2.45, 2.75) is 20.4 Å². The lowest BCUT2D eigenvalue weighted by molar-refractivity contribution is -0.402. The number of para-hydroxylation sites is 1. The Labute approximate surface area is 173 Å². The Kier molecular flexibility index (Phi) is 5.96. The van der Waals surface area contributed by atoms with Gasteiger partial charge in [0.2, 0.25) is 0 Å². The van der Waals surface area contributed by atoms with Crippen LogP contribution in [0, 0.1) is 24.0 Å². The zero-order valence-corrected chi connectivity index (χ0v) is 16.8. The fraction of sp³-hybridized carbons (Fsp3) is 0.182. The molecule has 0 atom stereocenters. The predicted octanol–water partition coefficient (Wildman–Crippen LogP) is 4.33. The molecule has 2 amide bonds. The van der Waals surface area contributed by atoms with Gasteiger partial charge in [-0.05, 0) is 43.2 Å². The lowest BCUT2D eigenvalue weighted by atomic mass is 10.0. The van der Waals surface area contributed by atoms with Crippen LogP contribution in [0.1, 0.15) is 37.6 Å². The molecule has 8 nitrogen and oxygen atoms in total. The molecule has 0 saturated heterocycles. The molecule has 3 aromatic rings. The van der Waals surface area contributed by atoms with Gasteiger partial charge in [-0.1, -0.05) is 35.9 Å². The molecule has 0 radical (unpaired) electrons. The van der Waals surface area contributed by atoms with Crippen molar-refractivity contribution in [3.8, 4) is 0 Å². The topological polar surface area (TPSA) is 106 Å². The van der Waals surface area contributed by atoms with E-state index in [1.165, 1.54) is 6.07 Å². The second kappa shape index (κ2) is 8.60. The van der Waals surface area contributed by atoms with E-state index in [-0.39, 0.29) is 11.7 Å². The summed E-state index contributed by atoms with van der Waals surface area (Å²) in [4.78, 5) is 37.0. The zero-order chi connectivity index (χ0) is 21.8. The first-order valence-corrected chi connectivity index (χ1v) is 9.22. The largest absolute Gasteiger partial charge is 0.433 e. The Morgan fingerprint density at radius 3 is 2.50 bits per heavy atom. The average molecular weight is 407 g/mol. The minimum Gasteiger partial charge on any atom is -0.395 e. The van der Waals surface area contributed by atoms with E-state index < -0.39 is 16.7 Å². The highest BCUT2D eigenvalue weighted by Gasteiger charge is 2.21. The Morgan fingerprint density at radius 1 is 1.10 bits per heavy atom. The van der Waals surface area contributed by atoms with E-state index in [4.69, 9.17) is 4.42 Å². The van der Waals surface area contributed by atoms with Crippen LogP contribution in [0.3, 0.4) is 0 Å². The number of amides is 2. The number of carbonyl (C=O) groups is 2. The van der Waals surface area contributed by atoms with Crippen LogP contribution in [0.5, 0.6) is 0 Å². The molecule has 0 aliphatic rings. The molecule has 0 aliphatic heterocycles. The maximum absolute atomic E-state index is 13.0. The number of carbonyl (C=O) groups excluding carboxylic acids is 2. The van der Waals surface area contributed by atoms with Crippen LogP contribution in [0.2, 0.25) is 0 Å². The van der Waals surface area contributed by atoms with Crippen molar-refractivity contribution in [1.29, 1.82) is 0 Å². The van der Waals surface area contributed by atoms with E-state index in [0.717, 1.165) is 22.8 Å². The van der Waals surface area contributed by atoms with Crippen molar-refractivity contribution < 1.29 is 18.9 Å². The van der Waals surface area contributed by atoms with E-state index in [1.54, 1.807) is 36.2 Å². The number of aryl methyl sites for hydroxylation is 2. The zero-order valence-electron chi connectivity index (χ0n) is 16.8. The van der Waals surface area contributed by atoms with Crippen molar-refractivity contribution in [2.75, 3.05) is 12.4 Å². The smallest absolute Gasteiger partial charge is 0.395 e. The van der Waals surface area contributed by atoms with Crippen molar-refractivity contribution in [3.63, 3.8) is 0 Å². The number of hydrogen-bond donors (Lipinski definition) is 1. The molecule has 154 valence electrons. The maximum Gasteiger partial charge on any atom is 0.433 e. The summed E-state index contributed by atoms with van der Waals surface area (Å²) >= 11 is 0. The molecule has 3 rings (SSSR count). The van der Waals surface area contributed by atoms with Gasteiger partial charge in [0.15, 0.2) is 5.76 Å². The second-order valence-electron chi connectivity index (χ2n) is 6.99. The van der Waals surface area contributed by atoms with Gasteiger partial charge in [-0.15, -0.1) is 0 Å². The van der Waals surface area contributed by atoms with Crippen LogP contribution in [0.25, 0.3) is 0 Å². The van der Waals surface area contributed by atoms with Gasteiger partial charge in [-0.2, -0.15) is 0 Å². The summed E-state index contributed by atoms with van der Waals surface area (Å²) in [6.07, 6.45) is 0. The first kappa shape index (κ1) is 20.8. The molecule has 1 heterocycles. The number of benzene rings is 2. The lowest BCUT2D eigenvalue weighted by Crippen LogP contribution is -2.28. The highest BCUT2D eigenvalue weighted by atomic mass is 16.6. The number of nitrogens with zero attached hydrogens (tertiary/aromatic N) is 2. The van der Waals surface area contributed by atoms with E-state index >= 15 is 0 Å². The van der Waals surface area contributed by atoms with Crippen LogP contribution < -0.4 is 5.32 Å². The SMILES string of the molecule is Cc1ccc(CN(C)C(=O)c2ccccc2NC(=O)c2ccc([N+](=O)[O-])o2)c(C)c1. The van der Waals surface area contributed by atoms with E-state index in [2.05, 4.69) is 11.4 Å². The van der Waals surface area contributed by atoms with Gasteiger partial charge >= 0.3 is 5.88 Å². The lowest BCUT2D eigenvalue weighted by Gasteiger charge is -2.20. The molecule has 30 heavy (non-hydrogen) atoms. The van der Waals surface area contributed by atoms with Crippen LogP contribution in [0.15, 0.2) is 59.0 Å². The van der Waals surface area contributed by atoms with Gasteiger partial charge in [0, 0.05) is 13.6 Å². The second-order valence-corrected chi connectivity index (χ2v) is 6.99. The summed E-state index contributed by atoms with van der Waals surface area (Å²) in [5, 5.41) is 13.3. The van der Waals surface area contributed by atoms with E-state index in [1.807, 2.05) is 26.0 Å². The highest BCUT2D eigenvalue weighted by molar-refractivity contribution is 6.07. The van der Waals surface area contributed by atoms with Crippen molar-refractivity contribution in [3.05, 3.63) is 92.7 Å². The van der Waals surface area contributed by atoms with Crippen LogP contribution in [-0.2, 0) is 6.54 Å². The normalized spacial score (nSPS) is 10.5. The van der Waals surface area contributed by atoms with Gasteiger partial charge < -0.3 is 14.6 Å². The predicted molar refractivity (Wildman–Crippen MR) is 111 cm³/mol. The Bertz CT molecular complexity index is 1120. The maximum atomic E-state index is 13.0. The third kappa shape index (κ3) is 4.54. The van der Waals surface area contributed by atoms with E-state index in [0.29, 0.717) is 17.8 Å². The molecule has 8 heteroatoms. The number of nitro groups is 1. The quantitative estimate of drug-likeness (QED) is 0.484. The summed E-state index contributed by atoms with van der Waals surface area (Å²) in [7, 11) is 1.69. The molecule has 1 N–H and O–H groups in total.